The van der Waals surface area contributed by atoms with Gasteiger partial charge < -0.3 is 10.6 Å². The summed E-state index contributed by atoms with van der Waals surface area (Å²) in [5.74, 6) is 1.00. The smallest absolute Gasteiger partial charge is 0.139 e. The zero-order chi connectivity index (χ0) is 14.3. The number of hydrogen-bond donors (Lipinski definition) is 1. The van der Waals surface area contributed by atoms with Crippen molar-refractivity contribution in [2.45, 2.75) is 36.5 Å². The third-order valence-electron chi connectivity index (χ3n) is 3.22. The Morgan fingerprint density at radius 3 is 2.65 bits per heavy atom. The molecule has 0 radical (unpaired) electrons. The molecule has 0 bridgehead atoms. The number of aromatic nitrogens is 2. The van der Waals surface area contributed by atoms with Crippen LogP contribution in [0.25, 0.3) is 10.9 Å². The fraction of sp³-hybridized carbons (Fsp3) is 0.467. The minimum atomic E-state index is 0.202. The van der Waals surface area contributed by atoms with Crippen molar-refractivity contribution in [1.29, 1.82) is 0 Å². The van der Waals surface area contributed by atoms with E-state index >= 15 is 0 Å². The summed E-state index contributed by atoms with van der Waals surface area (Å²) in [6.45, 7) is 8.41. The number of benzene rings is 1. The lowest BCUT2D eigenvalue weighted by Crippen LogP contribution is -2.56. The monoisotopic (exact) mass is 288 g/mol. The Hall–Kier alpha value is -1.33. The molecular weight excluding hydrogens is 268 g/mol. The highest BCUT2D eigenvalue weighted by Crippen LogP contribution is 2.34. The molecule has 5 heteroatoms. The minimum absolute atomic E-state index is 0.202. The standard InChI is InChI=1S/C15H20N4S/c1-15(2,3)20-11-4-5-12-13(6-11)17-9-18-14(12)19-7-10(16)8-19/h4-6,9-10H,7-8,16H2,1-3H3. The van der Waals surface area contributed by atoms with Gasteiger partial charge in [-0.3, -0.25) is 0 Å². The molecule has 0 aliphatic carbocycles. The Labute approximate surface area is 123 Å². The van der Waals surface area contributed by atoms with E-state index in [1.165, 1.54) is 4.90 Å². The lowest BCUT2D eigenvalue weighted by atomic mass is 10.1. The molecular formula is C15H20N4S. The molecule has 2 aromatic rings. The van der Waals surface area contributed by atoms with Gasteiger partial charge in [-0.15, -0.1) is 11.8 Å². The quantitative estimate of drug-likeness (QED) is 0.861. The molecule has 20 heavy (non-hydrogen) atoms. The summed E-state index contributed by atoms with van der Waals surface area (Å²) in [5.41, 5.74) is 6.86. The number of thioether (sulfide) groups is 1. The Balaban J connectivity index is 1.96. The summed E-state index contributed by atoms with van der Waals surface area (Å²) in [4.78, 5) is 12.3. The number of fused-ring (bicyclic) bond motifs is 1. The molecule has 1 aromatic heterocycles. The maximum absolute atomic E-state index is 5.86. The van der Waals surface area contributed by atoms with Crippen molar-refractivity contribution in [3.63, 3.8) is 0 Å². The van der Waals surface area contributed by atoms with Crippen LogP contribution in [0, 0.1) is 0 Å². The number of rotatable bonds is 2. The molecule has 3 rings (SSSR count). The van der Waals surface area contributed by atoms with Crippen molar-refractivity contribution in [1.82, 2.24) is 9.97 Å². The van der Waals surface area contributed by atoms with Crippen molar-refractivity contribution >= 4 is 28.5 Å². The summed E-state index contributed by atoms with van der Waals surface area (Å²) in [6.07, 6.45) is 1.65. The summed E-state index contributed by atoms with van der Waals surface area (Å²) < 4.78 is 0.202. The molecule has 0 unspecified atom stereocenters. The highest BCUT2D eigenvalue weighted by Gasteiger charge is 2.25. The second-order valence-electron chi connectivity index (χ2n) is 6.26. The summed E-state index contributed by atoms with van der Waals surface area (Å²) in [5, 5.41) is 1.11. The number of hydrogen-bond acceptors (Lipinski definition) is 5. The van der Waals surface area contributed by atoms with E-state index in [-0.39, 0.29) is 10.8 Å². The highest BCUT2D eigenvalue weighted by molar-refractivity contribution is 8.00. The minimum Gasteiger partial charge on any atom is -0.353 e. The van der Waals surface area contributed by atoms with E-state index < -0.39 is 0 Å². The maximum Gasteiger partial charge on any atom is 0.139 e. The second kappa shape index (κ2) is 4.90. The van der Waals surface area contributed by atoms with Gasteiger partial charge in [-0.25, -0.2) is 9.97 Å². The average molecular weight is 288 g/mol. The highest BCUT2D eigenvalue weighted by atomic mass is 32.2. The van der Waals surface area contributed by atoms with Crippen LogP contribution >= 0.6 is 11.8 Å². The molecule has 106 valence electrons. The molecule has 4 nitrogen and oxygen atoms in total. The zero-order valence-electron chi connectivity index (χ0n) is 12.1. The van der Waals surface area contributed by atoms with Crippen molar-refractivity contribution in [3.8, 4) is 0 Å². The maximum atomic E-state index is 5.86. The van der Waals surface area contributed by atoms with Crippen LogP contribution in [-0.2, 0) is 0 Å². The van der Waals surface area contributed by atoms with E-state index in [0.29, 0.717) is 0 Å². The molecule has 1 aromatic carbocycles. The van der Waals surface area contributed by atoms with E-state index in [0.717, 1.165) is 29.8 Å². The second-order valence-corrected chi connectivity index (χ2v) is 8.16. The predicted octanol–water partition coefficient (Wildman–Crippen LogP) is 2.67. The molecule has 1 fully saturated rings. The molecule has 0 amide bonds. The first kappa shape index (κ1) is 13.6. The van der Waals surface area contributed by atoms with Gasteiger partial charge >= 0.3 is 0 Å². The number of nitrogens with zero attached hydrogens (tertiary/aromatic N) is 3. The van der Waals surface area contributed by atoms with Crippen LogP contribution in [0.3, 0.4) is 0 Å². The van der Waals surface area contributed by atoms with Gasteiger partial charge in [0.1, 0.15) is 12.1 Å². The van der Waals surface area contributed by atoms with Gasteiger partial charge in [0.15, 0.2) is 0 Å². The Morgan fingerprint density at radius 1 is 1.25 bits per heavy atom. The fourth-order valence-electron chi connectivity index (χ4n) is 2.38. The fourth-order valence-corrected chi connectivity index (χ4v) is 3.39. The van der Waals surface area contributed by atoms with E-state index in [4.69, 9.17) is 5.73 Å². The van der Waals surface area contributed by atoms with Gasteiger partial charge in [0.25, 0.3) is 0 Å². The zero-order valence-corrected chi connectivity index (χ0v) is 12.9. The van der Waals surface area contributed by atoms with Crippen LogP contribution < -0.4 is 10.6 Å². The molecule has 2 N–H and O–H groups in total. The van der Waals surface area contributed by atoms with E-state index in [1.54, 1.807) is 6.33 Å². The predicted molar refractivity (Wildman–Crippen MR) is 85.3 cm³/mol. The number of anilines is 1. The molecule has 0 saturated carbocycles. The van der Waals surface area contributed by atoms with E-state index in [2.05, 4.69) is 53.8 Å². The van der Waals surface area contributed by atoms with Gasteiger partial charge in [0.2, 0.25) is 0 Å². The Morgan fingerprint density at radius 2 is 2.00 bits per heavy atom. The largest absolute Gasteiger partial charge is 0.353 e. The van der Waals surface area contributed by atoms with Crippen molar-refractivity contribution < 1.29 is 0 Å². The van der Waals surface area contributed by atoms with Crippen molar-refractivity contribution in [2.24, 2.45) is 5.73 Å². The van der Waals surface area contributed by atoms with Crippen LogP contribution in [0.5, 0.6) is 0 Å². The molecule has 1 aliphatic heterocycles. The third-order valence-corrected chi connectivity index (χ3v) is 4.32. The van der Waals surface area contributed by atoms with Crippen molar-refractivity contribution in [3.05, 3.63) is 24.5 Å². The number of nitrogens with two attached hydrogens (primary N) is 1. The van der Waals surface area contributed by atoms with Crippen LogP contribution in [0.1, 0.15) is 20.8 Å². The first-order valence-electron chi connectivity index (χ1n) is 6.87. The molecule has 1 aliphatic rings. The normalized spacial score (nSPS) is 16.5. The molecule has 0 spiro atoms. The molecule has 2 heterocycles. The third kappa shape index (κ3) is 2.74. The first-order valence-corrected chi connectivity index (χ1v) is 7.68. The first-order chi connectivity index (χ1) is 9.42. The summed E-state index contributed by atoms with van der Waals surface area (Å²) >= 11 is 1.86. The SMILES string of the molecule is CC(C)(C)Sc1ccc2c(N3CC(N)C3)ncnc2c1. The summed E-state index contributed by atoms with van der Waals surface area (Å²) in [6, 6.07) is 6.71. The Kier molecular flexibility index (Phi) is 3.34. The van der Waals surface area contributed by atoms with Gasteiger partial charge in [-0.2, -0.15) is 0 Å². The van der Waals surface area contributed by atoms with Gasteiger partial charge in [-0.05, 0) is 18.2 Å². The van der Waals surface area contributed by atoms with Crippen molar-refractivity contribution in [2.75, 3.05) is 18.0 Å². The van der Waals surface area contributed by atoms with Gasteiger partial charge in [0.05, 0.1) is 5.52 Å². The average Bonchev–Trinajstić information content (AvgIpc) is 2.32. The lowest BCUT2D eigenvalue weighted by Gasteiger charge is -2.38. The summed E-state index contributed by atoms with van der Waals surface area (Å²) in [7, 11) is 0. The topological polar surface area (TPSA) is 55.0 Å². The van der Waals surface area contributed by atoms with Crippen LogP contribution in [0.4, 0.5) is 5.82 Å². The van der Waals surface area contributed by atoms with Gasteiger partial charge in [0, 0.05) is 34.2 Å². The van der Waals surface area contributed by atoms with E-state index in [9.17, 15) is 0 Å². The van der Waals surface area contributed by atoms with Crippen LogP contribution in [0.15, 0.2) is 29.4 Å². The molecule has 0 atom stereocenters. The molecule has 1 saturated heterocycles. The lowest BCUT2D eigenvalue weighted by molar-refractivity contribution is 0.516. The van der Waals surface area contributed by atoms with Crippen LogP contribution in [-0.4, -0.2) is 33.8 Å². The Bertz CT molecular complexity index is 629. The van der Waals surface area contributed by atoms with Gasteiger partial charge in [-0.1, -0.05) is 20.8 Å². The van der Waals surface area contributed by atoms with Crippen LogP contribution in [0.2, 0.25) is 0 Å². The van der Waals surface area contributed by atoms with E-state index in [1.807, 2.05) is 11.8 Å².